The topological polar surface area (TPSA) is 43.4 Å². The lowest BCUT2D eigenvalue weighted by Gasteiger charge is -2.37. The summed E-state index contributed by atoms with van der Waals surface area (Å²) in [6.07, 6.45) is 8.92. The summed E-state index contributed by atoms with van der Waals surface area (Å²) in [4.78, 5) is 24.7. The Morgan fingerprint density at radius 2 is 1.90 bits per heavy atom. The molecule has 0 atom stereocenters. The summed E-state index contributed by atoms with van der Waals surface area (Å²) in [6.45, 7) is 6.13. The van der Waals surface area contributed by atoms with Gasteiger partial charge in [0.15, 0.2) is 0 Å². The number of ketones is 2. The maximum Gasteiger partial charge on any atom is 0.233 e. The van der Waals surface area contributed by atoms with Gasteiger partial charge in [0.25, 0.3) is 0 Å². The Hall–Kier alpha value is -1.90. The average Bonchev–Trinajstić information content (AvgIpc) is 2.66. The van der Waals surface area contributed by atoms with E-state index in [1.54, 1.807) is 0 Å². The molecule has 0 bridgehead atoms. The number of hydrogen-bond acceptors (Lipinski definition) is 3. The number of carbonyl (C=O) groups is 2. The van der Waals surface area contributed by atoms with Crippen LogP contribution < -0.4 is 0 Å². The second kappa shape index (κ2) is 4.83. The minimum Gasteiger partial charge on any atom is -0.487 e. The van der Waals surface area contributed by atoms with Crippen LogP contribution in [0.25, 0.3) is 0 Å². The van der Waals surface area contributed by atoms with Gasteiger partial charge in [-0.05, 0) is 45.6 Å². The van der Waals surface area contributed by atoms with Crippen LogP contribution in [0.5, 0.6) is 0 Å². The summed E-state index contributed by atoms with van der Waals surface area (Å²) in [5, 5.41) is 0. The Bertz CT molecular complexity index is 654. The van der Waals surface area contributed by atoms with E-state index >= 15 is 0 Å². The second-order valence-corrected chi connectivity index (χ2v) is 6.37. The van der Waals surface area contributed by atoms with Crippen molar-refractivity contribution in [2.75, 3.05) is 0 Å². The molecule has 0 unspecified atom stereocenters. The fourth-order valence-electron chi connectivity index (χ4n) is 3.03. The normalized spacial score (nSPS) is 24.2. The number of hydrogen-bond donors (Lipinski definition) is 0. The molecule has 110 valence electrons. The number of rotatable bonds is 1. The predicted molar refractivity (Wildman–Crippen MR) is 80.6 cm³/mol. The number of ether oxygens (including phenoxy) is 1. The molecule has 0 saturated carbocycles. The third kappa shape index (κ3) is 2.31. The summed E-state index contributed by atoms with van der Waals surface area (Å²) < 4.78 is 6.08. The lowest BCUT2D eigenvalue weighted by atomic mass is 9.80. The maximum atomic E-state index is 12.4. The molecule has 1 heterocycles. The summed E-state index contributed by atoms with van der Waals surface area (Å²) in [7, 11) is 0. The molecule has 3 rings (SSSR count). The SMILES string of the molecule is CCC1=CCC=C2C(=O)C(=O)C3=C(OC(C)(C)CC3)C2=C1. The summed E-state index contributed by atoms with van der Waals surface area (Å²) >= 11 is 0. The van der Waals surface area contributed by atoms with Crippen molar-refractivity contribution in [3.05, 3.63) is 46.3 Å². The monoisotopic (exact) mass is 284 g/mol. The van der Waals surface area contributed by atoms with Crippen molar-refractivity contribution in [2.45, 2.75) is 52.1 Å². The van der Waals surface area contributed by atoms with Crippen LogP contribution in [0.15, 0.2) is 46.3 Å². The van der Waals surface area contributed by atoms with Crippen molar-refractivity contribution in [3.8, 4) is 0 Å². The fourth-order valence-corrected chi connectivity index (χ4v) is 3.03. The Balaban J connectivity index is 2.19. The number of carbonyl (C=O) groups excluding carboxylic acids is 2. The molecular weight excluding hydrogens is 264 g/mol. The van der Waals surface area contributed by atoms with E-state index in [0.717, 1.165) is 18.4 Å². The van der Waals surface area contributed by atoms with Gasteiger partial charge in [0.2, 0.25) is 11.6 Å². The van der Waals surface area contributed by atoms with E-state index in [4.69, 9.17) is 4.74 Å². The van der Waals surface area contributed by atoms with Gasteiger partial charge >= 0.3 is 0 Å². The van der Waals surface area contributed by atoms with Gasteiger partial charge in [0.1, 0.15) is 11.4 Å². The number of allylic oxidation sites excluding steroid dienone is 6. The second-order valence-electron chi connectivity index (χ2n) is 6.37. The molecule has 1 aliphatic heterocycles. The van der Waals surface area contributed by atoms with E-state index in [0.29, 0.717) is 29.7 Å². The highest BCUT2D eigenvalue weighted by Crippen LogP contribution is 2.42. The third-order valence-electron chi connectivity index (χ3n) is 4.33. The van der Waals surface area contributed by atoms with E-state index in [1.807, 2.05) is 26.0 Å². The minimum absolute atomic E-state index is 0.298. The van der Waals surface area contributed by atoms with E-state index in [9.17, 15) is 9.59 Å². The zero-order valence-corrected chi connectivity index (χ0v) is 12.8. The summed E-state index contributed by atoms with van der Waals surface area (Å²) in [5.74, 6) is -0.138. The first-order chi connectivity index (χ1) is 9.93. The molecule has 0 saturated heterocycles. The molecule has 3 aliphatic rings. The van der Waals surface area contributed by atoms with E-state index in [1.165, 1.54) is 5.57 Å². The van der Waals surface area contributed by atoms with Gasteiger partial charge in [-0.3, -0.25) is 9.59 Å². The van der Waals surface area contributed by atoms with Gasteiger partial charge in [-0.1, -0.05) is 24.6 Å². The molecule has 0 radical (unpaired) electrons. The first-order valence-electron chi connectivity index (χ1n) is 7.56. The van der Waals surface area contributed by atoms with Gasteiger partial charge in [-0.15, -0.1) is 0 Å². The largest absolute Gasteiger partial charge is 0.487 e. The minimum atomic E-state index is -0.385. The molecule has 3 nitrogen and oxygen atoms in total. The van der Waals surface area contributed by atoms with Gasteiger partial charge in [0.05, 0.1) is 0 Å². The molecule has 3 heteroatoms. The quantitative estimate of drug-likeness (QED) is 0.691. The van der Waals surface area contributed by atoms with Crippen LogP contribution in [0, 0.1) is 0 Å². The Morgan fingerprint density at radius 3 is 2.62 bits per heavy atom. The molecule has 0 aromatic rings. The van der Waals surface area contributed by atoms with Crippen LogP contribution in [0.2, 0.25) is 0 Å². The molecule has 0 N–H and O–H groups in total. The van der Waals surface area contributed by atoms with Gasteiger partial charge < -0.3 is 4.74 Å². The lowest BCUT2D eigenvalue weighted by Crippen LogP contribution is -2.36. The van der Waals surface area contributed by atoms with Crippen molar-refractivity contribution in [3.63, 3.8) is 0 Å². The van der Waals surface area contributed by atoms with Crippen molar-refractivity contribution in [1.29, 1.82) is 0 Å². The lowest BCUT2D eigenvalue weighted by molar-refractivity contribution is -0.133. The van der Waals surface area contributed by atoms with Crippen LogP contribution >= 0.6 is 0 Å². The van der Waals surface area contributed by atoms with Gasteiger partial charge in [-0.2, -0.15) is 0 Å². The highest BCUT2D eigenvalue weighted by Gasteiger charge is 2.41. The first-order valence-corrected chi connectivity index (χ1v) is 7.56. The Morgan fingerprint density at radius 1 is 1.14 bits per heavy atom. The van der Waals surface area contributed by atoms with Crippen LogP contribution in [0.4, 0.5) is 0 Å². The van der Waals surface area contributed by atoms with Crippen LogP contribution in [-0.4, -0.2) is 17.2 Å². The van der Waals surface area contributed by atoms with Gasteiger partial charge in [0, 0.05) is 16.7 Å². The Kier molecular flexibility index (Phi) is 3.23. The number of Topliss-reactive ketones (excluding diaryl/α,β-unsaturated/α-hetero) is 2. The smallest absolute Gasteiger partial charge is 0.233 e. The predicted octanol–water partition coefficient (Wildman–Crippen LogP) is 3.57. The fraction of sp³-hybridized carbons (Fsp3) is 0.444. The van der Waals surface area contributed by atoms with Crippen LogP contribution in [-0.2, 0) is 14.3 Å². The molecular formula is C18H20O3. The van der Waals surface area contributed by atoms with Crippen molar-refractivity contribution < 1.29 is 14.3 Å². The Labute approximate surface area is 125 Å². The summed E-state index contributed by atoms with van der Waals surface area (Å²) in [5.41, 5.74) is 2.75. The summed E-state index contributed by atoms with van der Waals surface area (Å²) in [6, 6.07) is 0. The maximum absolute atomic E-state index is 12.4. The van der Waals surface area contributed by atoms with E-state index < -0.39 is 0 Å². The van der Waals surface area contributed by atoms with E-state index in [-0.39, 0.29) is 17.2 Å². The van der Waals surface area contributed by atoms with Crippen molar-refractivity contribution in [1.82, 2.24) is 0 Å². The molecule has 2 aliphatic carbocycles. The molecule has 0 fully saturated rings. The number of fused-ring (bicyclic) bond motifs is 2. The van der Waals surface area contributed by atoms with Crippen molar-refractivity contribution >= 4 is 11.6 Å². The average molecular weight is 284 g/mol. The zero-order chi connectivity index (χ0) is 15.2. The standard InChI is InChI=1S/C18H20O3/c1-4-11-6-5-7-12-14(10-11)17-13(16(20)15(12)19)8-9-18(2,3)21-17/h6-7,10H,4-5,8-9H2,1-3H3. The highest BCUT2D eigenvalue weighted by molar-refractivity contribution is 6.51. The molecule has 0 amide bonds. The molecule has 0 aromatic heterocycles. The molecule has 21 heavy (non-hydrogen) atoms. The van der Waals surface area contributed by atoms with Crippen molar-refractivity contribution in [2.24, 2.45) is 0 Å². The first kappa shape index (κ1) is 14.1. The highest BCUT2D eigenvalue weighted by atomic mass is 16.5. The van der Waals surface area contributed by atoms with Crippen LogP contribution in [0.1, 0.15) is 46.5 Å². The van der Waals surface area contributed by atoms with Gasteiger partial charge in [-0.25, -0.2) is 0 Å². The molecule has 0 aromatic carbocycles. The van der Waals surface area contributed by atoms with E-state index in [2.05, 4.69) is 13.0 Å². The molecule has 0 spiro atoms. The zero-order valence-electron chi connectivity index (χ0n) is 12.8. The van der Waals surface area contributed by atoms with Crippen LogP contribution in [0.3, 0.4) is 0 Å². The third-order valence-corrected chi connectivity index (χ3v) is 4.33.